The summed E-state index contributed by atoms with van der Waals surface area (Å²) < 4.78 is 0. The standard InChI is InChI=1S/C10H8N4O4/c15-8(16)5-14-12-9(11-13-14)6-2-1-3-7(4-6)10(17)18/h1-4H,5H2,(H,15,16)(H,17,18)/p-2. The highest BCUT2D eigenvalue weighted by Crippen LogP contribution is 2.14. The van der Waals surface area contributed by atoms with Gasteiger partial charge in [-0.15, -0.1) is 10.2 Å². The topological polar surface area (TPSA) is 124 Å². The van der Waals surface area contributed by atoms with Crippen molar-refractivity contribution in [3.8, 4) is 11.4 Å². The van der Waals surface area contributed by atoms with Crippen LogP contribution < -0.4 is 10.2 Å². The molecule has 8 nitrogen and oxygen atoms in total. The maximum absolute atomic E-state index is 10.7. The Morgan fingerprint density at radius 1 is 1.28 bits per heavy atom. The van der Waals surface area contributed by atoms with Crippen LogP contribution in [0, 0.1) is 0 Å². The highest BCUT2D eigenvalue weighted by atomic mass is 16.4. The molecule has 0 aliphatic rings. The van der Waals surface area contributed by atoms with E-state index in [4.69, 9.17) is 0 Å². The summed E-state index contributed by atoms with van der Waals surface area (Å²) in [5, 5.41) is 31.9. The summed E-state index contributed by atoms with van der Waals surface area (Å²) in [7, 11) is 0. The first kappa shape index (κ1) is 11.7. The van der Waals surface area contributed by atoms with Crippen LogP contribution in [0.1, 0.15) is 10.4 Å². The van der Waals surface area contributed by atoms with Crippen molar-refractivity contribution in [2.75, 3.05) is 0 Å². The van der Waals surface area contributed by atoms with Crippen molar-refractivity contribution < 1.29 is 19.8 Å². The molecular formula is C10H6N4O4-2. The summed E-state index contributed by atoms with van der Waals surface area (Å²) in [5.74, 6) is -2.54. The Balaban J connectivity index is 2.31. The lowest BCUT2D eigenvalue weighted by Crippen LogP contribution is -2.28. The summed E-state index contributed by atoms with van der Waals surface area (Å²) in [6.45, 7) is -0.521. The van der Waals surface area contributed by atoms with E-state index in [1.54, 1.807) is 6.07 Å². The lowest BCUT2D eigenvalue weighted by molar-refractivity contribution is -0.307. The highest BCUT2D eigenvalue weighted by Gasteiger charge is 2.06. The number of carboxylic acids is 2. The van der Waals surface area contributed by atoms with E-state index in [0.717, 1.165) is 4.80 Å². The summed E-state index contributed by atoms with van der Waals surface area (Å²) in [5.41, 5.74) is 0.380. The molecule has 0 saturated carbocycles. The van der Waals surface area contributed by atoms with Crippen molar-refractivity contribution in [2.45, 2.75) is 6.54 Å². The second kappa shape index (κ2) is 4.62. The third kappa shape index (κ3) is 2.48. The van der Waals surface area contributed by atoms with E-state index in [2.05, 4.69) is 15.4 Å². The number of hydrogen-bond donors (Lipinski definition) is 0. The van der Waals surface area contributed by atoms with Gasteiger partial charge in [-0.25, -0.2) is 0 Å². The molecule has 0 spiro atoms. The molecule has 2 aromatic rings. The maximum atomic E-state index is 10.7. The molecule has 0 N–H and O–H groups in total. The Hall–Kier alpha value is -2.77. The van der Waals surface area contributed by atoms with E-state index in [9.17, 15) is 19.8 Å². The van der Waals surface area contributed by atoms with Gasteiger partial charge in [0.25, 0.3) is 0 Å². The van der Waals surface area contributed by atoms with Crippen molar-refractivity contribution in [1.82, 2.24) is 20.2 Å². The van der Waals surface area contributed by atoms with Gasteiger partial charge in [0.15, 0.2) is 0 Å². The first-order valence-corrected chi connectivity index (χ1v) is 4.85. The van der Waals surface area contributed by atoms with Gasteiger partial charge < -0.3 is 19.8 Å². The molecule has 1 aromatic carbocycles. The van der Waals surface area contributed by atoms with Crippen LogP contribution in [0.3, 0.4) is 0 Å². The number of nitrogens with zero attached hydrogens (tertiary/aromatic N) is 4. The van der Waals surface area contributed by atoms with Gasteiger partial charge in [-0.1, -0.05) is 18.2 Å². The Bertz CT molecular complexity index is 607. The lowest BCUT2D eigenvalue weighted by atomic mass is 10.1. The summed E-state index contributed by atoms with van der Waals surface area (Å²) in [6, 6.07) is 5.76. The van der Waals surface area contributed by atoms with Crippen LogP contribution in [0.4, 0.5) is 0 Å². The van der Waals surface area contributed by atoms with Crippen LogP contribution in [-0.2, 0) is 11.3 Å². The van der Waals surface area contributed by atoms with Crippen LogP contribution in [0.25, 0.3) is 11.4 Å². The van der Waals surface area contributed by atoms with Crippen molar-refractivity contribution in [1.29, 1.82) is 0 Å². The number of aromatic nitrogens is 4. The zero-order chi connectivity index (χ0) is 13.1. The van der Waals surface area contributed by atoms with Crippen molar-refractivity contribution in [3.63, 3.8) is 0 Å². The van der Waals surface area contributed by atoms with E-state index in [1.165, 1.54) is 18.2 Å². The van der Waals surface area contributed by atoms with Gasteiger partial charge in [-0.3, -0.25) is 0 Å². The fourth-order valence-electron chi connectivity index (χ4n) is 1.33. The molecule has 8 heteroatoms. The van der Waals surface area contributed by atoms with Gasteiger partial charge >= 0.3 is 0 Å². The molecule has 2 rings (SSSR count). The largest absolute Gasteiger partial charge is 0.548 e. The molecule has 1 aromatic heterocycles. The Kier molecular flexibility index (Phi) is 3.00. The van der Waals surface area contributed by atoms with Gasteiger partial charge in [0.2, 0.25) is 5.82 Å². The lowest BCUT2D eigenvalue weighted by Gasteiger charge is -2.02. The third-order valence-corrected chi connectivity index (χ3v) is 2.08. The molecule has 0 aliphatic heterocycles. The molecule has 0 fully saturated rings. The molecule has 0 bridgehead atoms. The minimum Gasteiger partial charge on any atom is -0.548 e. The molecule has 0 aliphatic carbocycles. The number of hydrogen-bond acceptors (Lipinski definition) is 7. The van der Waals surface area contributed by atoms with E-state index in [1.807, 2.05) is 0 Å². The quantitative estimate of drug-likeness (QED) is 0.581. The average Bonchev–Trinajstić information content (AvgIpc) is 2.77. The summed E-state index contributed by atoms with van der Waals surface area (Å²) in [4.78, 5) is 21.9. The first-order chi connectivity index (χ1) is 8.56. The molecule has 0 unspecified atom stereocenters. The van der Waals surface area contributed by atoms with E-state index < -0.39 is 18.5 Å². The van der Waals surface area contributed by atoms with Gasteiger partial charge in [0.1, 0.15) is 6.54 Å². The molecule has 0 radical (unpaired) electrons. The number of carboxylic acid groups (broad SMARTS) is 2. The third-order valence-electron chi connectivity index (χ3n) is 2.08. The fourth-order valence-corrected chi connectivity index (χ4v) is 1.33. The monoisotopic (exact) mass is 246 g/mol. The predicted molar refractivity (Wildman–Crippen MR) is 52.6 cm³/mol. The van der Waals surface area contributed by atoms with Gasteiger partial charge in [0, 0.05) is 5.56 Å². The predicted octanol–water partition coefficient (Wildman–Crippen LogP) is -2.55. The van der Waals surface area contributed by atoms with Crippen molar-refractivity contribution in [2.24, 2.45) is 0 Å². The second-order valence-electron chi connectivity index (χ2n) is 3.38. The minimum atomic E-state index is -1.34. The second-order valence-corrected chi connectivity index (χ2v) is 3.38. The molecule has 92 valence electrons. The number of aliphatic carboxylic acids is 1. The van der Waals surface area contributed by atoms with Gasteiger partial charge in [-0.05, 0) is 16.8 Å². The maximum Gasteiger partial charge on any atom is 0.204 e. The normalized spacial score (nSPS) is 10.2. The Labute approximate surface area is 100 Å². The summed E-state index contributed by atoms with van der Waals surface area (Å²) >= 11 is 0. The SMILES string of the molecule is O=C([O-])Cn1nnc(-c2cccc(C(=O)[O-])c2)n1. The average molecular weight is 246 g/mol. The number of aromatic carboxylic acids is 1. The number of carbonyl (C=O) groups excluding carboxylic acids is 2. The van der Waals surface area contributed by atoms with Crippen molar-refractivity contribution >= 4 is 11.9 Å². The number of benzene rings is 1. The summed E-state index contributed by atoms with van der Waals surface area (Å²) in [6.07, 6.45) is 0. The smallest absolute Gasteiger partial charge is 0.204 e. The number of carbonyl (C=O) groups is 2. The van der Waals surface area contributed by atoms with E-state index >= 15 is 0 Å². The van der Waals surface area contributed by atoms with E-state index in [-0.39, 0.29) is 11.4 Å². The first-order valence-electron chi connectivity index (χ1n) is 4.85. The van der Waals surface area contributed by atoms with Crippen LogP contribution in [-0.4, -0.2) is 32.1 Å². The number of rotatable bonds is 4. The molecule has 0 amide bonds. The molecule has 1 heterocycles. The Morgan fingerprint density at radius 2 is 2.06 bits per heavy atom. The van der Waals surface area contributed by atoms with Crippen molar-refractivity contribution in [3.05, 3.63) is 29.8 Å². The van der Waals surface area contributed by atoms with Gasteiger partial charge in [-0.2, -0.15) is 4.80 Å². The minimum absolute atomic E-state index is 0.0243. The molecule has 18 heavy (non-hydrogen) atoms. The molecule has 0 saturated heterocycles. The van der Waals surface area contributed by atoms with Crippen LogP contribution in [0.15, 0.2) is 24.3 Å². The van der Waals surface area contributed by atoms with E-state index in [0.29, 0.717) is 5.56 Å². The fraction of sp³-hybridized carbons (Fsp3) is 0.100. The molecular weight excluding hydrogens is 240 g/mol. The number of tetrazole rings is 1. The van der Waals surface area contributed by atoms with Gasteiger partial charge in [0.05, 0.1) is 11.9 Å². The zero-order valence-corrected chi connectivity index (χ0v) is 8.94. The van der Waals surface area contributed by atoms with Crippen LogP contribution in [0.5, 0.6) is 0 Å². The van der Waals surface area contributed by atoms with Crippen LogP contribution in [0.2, 0.25) is 0 Å². The zero-order valence-electron chi connectivity index (χ0n) is 8.94. The highest BCUT2D eigenvalue weighted by molar-refractivity contribution is 5.87. The Morgan fingerprint density at radius 3 is 2.72 bits per heavy atom. The molecule has 0 atom stereocenters. The van der Waals surface area contributed by atoms with Crippen LogP contribution >= 0.6 is 0 Å².